The maximum Gasteiger partial charge on any atom is 0.494 e. The maximum absolute atomic E-state index is 6.10. The summed E-state index contributed by atoms with van der Waals surface area (Å²) in [6.07, 6.45) is 0. The predicted molar refractivity (Wildman–Crippen MR) is 84.5 cm³/mol. The molecule has 0 atom stereocenters. The van der Waals surface area contributed by atoms with Gasteiger partial charge < -0.3 is 9.31 Å². The molecule has 5 heteroatoms. The van der Waals surface area contributed by atoms with Gasteiger partial charge in [-0.25, -0.2) is 0 Å². The van der Waals surface area contributed by atoms with Gasteiger partial charge in [0, 0.05) is 11.3 Å². The van der Waals surface area contributed by atoms with Crippen LogP contribution in [-0.2, 0) is 9.31 Å². The van der Waals surface area contributed by atoms with Gasteiger partial charge in [0.15, 0.2) is 0 Å². The van der Waals surface area contributed by atoms with Crippen LogP contribution in [0.3, 0.4) is 0 Å². The van der Waals surface area contributed by atoms with Crippen LogP contribution in [0, 0.1) is 6.92 Å². The third-order valence-electron chi connectivity index (χ3n) is 4.41. The van der Waals surface area contributed by atoms with Gasteiger partial charge in [0.2, 0.25) is 0 Å². The lowest BCUT2D eigenvalue weighted by atomic mass is 9.78. The molecule has 0 spiro atoms. The Kier molecular flexibility index (Phi) is 3.22. The Morgan fingerprint density at radius 2 is 1.71 bits per heavy atom. The number of aromatic amines is 1. The zero-order valence-corrected chi connectivity index (χ0v) is 13.2. The van der Waals surface area contributed by atoms with E-state index in [0.717, 1.165) is 22.4 Å². The first-order valence-corrected chi connectivity index (χ1v) is 7.26. The van der Waals surface area contributed by atoms with E-state index in [4.69, 9.17) is 9.31 Å². The molecule has 1 aliphatic heterocycles. The fourth-order valence-electron chi connectivity index (χ4n) is 2.39. The third kappa shape index (κ3) is 2.52. The van der Waals surface area contributed by atoms with E-state index in [1.165, 1.54) is 0 Å². The van der Waals surface area contributed by atoms with Crippen LogP contribution >= 0.6 is 0 Å². The van der Waals surface area contributed by atoms with E-state index < -0.39 is 0 Å². The zero-order valence-electron chi connectivity index (χ0n) is 13.2. The number of rotatable bonds is 2. The molecule has 0 bridgehead atoms. The molecule has 0 amide bonds. The first-order valence-electron chi connectivity index (χ1n) is 7.26. The molecular weight excluding hydrogens is 263 g/mol. The molecule has 4 nitrogen and oxygen atoms in total. The summed E-state index contributed by atoms with van der Waals surface area (Å²) < 4.78 is 12.2. The van der Waals surface area contributed by atoms with Crippen molar-refractivity contribution in [3.05, 3.63) is 36.0 Å². The molecular formula is C16H21BN2O2. The average Bonchev–Trinajstić information content (AvgIpc) is 2.92. The third-order valence-corrected chi connectivity index (χ3v) is 4.41. The fourth-order valence-corrected chi connectivity index (χ4v) is 2.39. The molecule has 0 radical (unpaired) electrons. The van der Waals surface area contributed by atoms with E-state index in [0.29, 0.717) is 0 Å². The van der Waals surface area contributed by atoms with Crippen LogP contribution < -0.4 is 5.46 Å². The summed E-state index contributed by atoms with van der Waals surface area (Å²) in [4.78, 5) is 0. The van der Waals surface area contributed by atoms with Crippen molar-refractivity contribution in [2.75, 3.05) is 0 Å². The second-order valence-corrected chi connectivity index (χ2v) is 6.65. The molecule has 1 aromatic carbocycles. The Bertz CT molecular complexity index is 648. The van der Waals surface area contributed by atoms with E-state index in [2.05, 4.69) is 44.0 Å². The predicted octanol–water partition coefficient (Wildman–Crippen LogP) is 2.68. The molecule has 3 rings (SSSR count). The smallest absolute Gasteiger partial charge is 0.399 e. The van der Waals surface area contributed by atoms with Crippen LogP contribution in [0.15, 0.2) is 30.3 Å². The number of H-pyrrole nitrogens is 1. The van der Waals surface area contributed by atoms with Crippen molar-refractivity contribution < 1.29 is 9.31 Å². The molecule has 2 heterocycles. The second kappa shape index (κ2) is 4.72. The summed E-state index contributed by atoms with van der Waals surface area (Å²) in [5, 5.41) is 7.27. The van der Waals surface area contributed by atoms with Crippen LogP contribution in [-0.4, -0.2) is 28.5 Å². The molecule has 0 aliphatic carbocycles. The van der Waals surface area contributed by atoms with E-state index in [9.17, 15) is 0 Å². The topological polar surface area (TPSA) is 47.1 Å². The van der Waals surface area contributed by atoms with Crippen LogP contribution in [0.25, 0.3) is 11.3 Å². The normalized spacial score (nSPS) is 20.0. The number of nitrogens with one attached hydrogen (secondary N) is 1. The van der Waals surface area contributed by atoms with Crippen LogP contribution in [0.1, 0.15) is 33.4 Å². The van der Waals surface area contributed by atoms with E-state index in [1.54, 1.807) is 0 Å². The second-order valence-electron chi connectivity index (χ2n) is 6.65. The molecule has 0 unspecified atom stereocenters. The molecule has 0 saturated carbocycles. The number of benzene rings is 1. The minimum absolute atomic E-state index is 0.323. The lowest BCUT2D eigenvalue weighted by molar-refractivity contribution is 0.00578. The first-order chi connectivity index (χ1) is 9.78. The number of hydrogen-bond acceptors (Lipinski definition) is 3. The van der Waals surface area contributed by atoms with Crippen LogP contribution in [0.5, 0.6) is 0 Å². The largest absolute Gasteiger partial charge is 0.494 e. The van der Waals surface area contributed by atoms with Gasteiger partial charge in [-0.05, 0) is 46.1 Å². The molecule has 1 aliphatic rings. The summed E-state index contributed by atoms with van der Waals surface area (Å²) in [7, 11) is -0.338. The van der Waals surface area contributed by atoms with Crippen molar-refractivity contribution in [3.8, 4) is 11.3 Å². The Morgan fingerprint density at radius 1 is 1.05 bits per heavy atom. The standard InChI is InChI=1S/C16H21BN2O2/c1-11-9-14(19-18-11)12-7-6-8-13(10-12)17-20-15(2,3)16(4,5)21-17/h6-10H,1-5H3,(H,18,19). The quantitative estimate of drug-likeness (QED) is 0.862. The number of nitrogens with zero attached hydrogens (tertiary/aromatic N) is 1. The highest BCUT2D eigenvalue weighted by Gasteiger charge is 2.51. The lowest BCUT2D eigenvalue weighted by Crippen LogP contribution is -2.41. The summed E-state index contributed by atoms with van der Waals surface area (Å²) in [6.45, 7) is 10.2. The number of aromatic nitrogens is 2. The van der Waals surface area contributed by atoms with Crippen molar-refractivity contribution >= 4 is 12.6 Å². The fraction of sp³-hybridized carbons (Fsp3) is 0.438. The Morgan fingerprint density at radius 3 is 2.29 bits per heavy atom. The van der Waals surface area contributed by atoms with Crippen molar-refractivity contribution in [3.63, 3.8) is 0 Å². The first kappa shape index (κ1) is 14.4. The van der Waals surface area contributed by atoms with Crippen LogP contribution in [0.2, 0.25) is 0 Å². The van der Waals surface area contributed by atoms with E-state index in [1.807, 2.05) is 31.2 Å². The molecule has 1 fully saturated rings. The summed E-state index contributed by atoms with van der Waals surface area (Å²) in [6, 6.07) is 10.2. The van der Waals surface area contributed by atoms with Crippen molar-refractivity contribution in [2.45, 2.75) is 45.8 Å². The van der Waals surface area contributed by atoms with Crippen LogP contribution in [0.4, 0.5) is 0 Å². The molecule has 110 valence electrons. The van der Waals surface area contributed by atoms with Gasteiger partial charge in [-0.2, -0.15) is 5.10 Å². The SMILES string of the molecule is Cc1cc(-c2cccc(B3OC(C)(C)C(C)(C)O3)c2)n[nH]1. The molecule has 1 saturated heterocycles. The highest BCUT2D eigenvalue weighted by molar-refractivity contribution is 6.62. The van der Waals surface area contributed by atoms with Crippen molar-refractivity contribution in [1.82, 2.24) is 10.2 Å². The van der Waals surface area contributed by atoms with Crippen molar-refractivity contribution in [1.29, 1.82) is 0 Å². The molecule has 21 heavy (non-hydrogen) atoms. The molecule has 1 N–H and O–H groups in total. The number of aryl methyl sites for hydroxylation is 1. The minimum Gasteiger partial charge on any atom is -0.399 e. The lowest BCUT2D eigenvalue weighted by Gasteiger charge is -2.32. The monoisotopic (exact) mass is 284 g/mol. The van der Waals surface area contributed by atoms with Crippen molar-refractivity contribution in [2.24, 2.45) is 0 Å². The Labute approximate surface area is 126 Å². The highest BCUT2D eigenvalue weighted by Crippen LogP contribution is 2.36. The average molecular weight is 284 g/mol. The number of hydrogen-bond donors (Lipinski definition) is 1. The Balaban J connectivity index is 1.91. The molecule has 2 aromatic rings. The van der Waals surface area contributed by atoms with E-state index >= 15 is 0 Å². The van der Waals surface area contributed by atoms with E-state index in [-0.39, 0.29) is 18.3 Å². The summed E-state index contributed by atoms with van der Waals surface area (Å²) >= 11 is 0. The van der Waals surface area contributed by atoms with Gasteiger partial charge in [0.1, 0.15) is 0 Å². The van der Waals surface area contributed by atoms with Gasteiger partial charge in [-0.15, -0.1) is 0 Å². The van der Waals surface area contributed by atoms with Gasteiger partial charge in [-0.1, -0.05) is 24.3 Å². The maximum atomic E-state index is 6.10. The van der Waals surface area contributed by atoms with Gasteiger partial charge in [0.25, 0.3) is 0 Å². The zero-order chi connectivity index (χ0) is 15.3. The van der Waals surface area contributed by atoms with Gasteiger partial charge in [0.05, 0.1) is 16.9 Å². The Hall–Kier alpha value is -1.59. The van der Waals surface area contributed by atoms with Gasteiger partial charge >= 0.3 is 7.12 Å². The minimum atomic E-state index is -0.338. The molecule has 1 aromatic heterocycles. The summed E-state index contributed by atoms with van der Waals surface area (Å²) in [5.74, 6) is 0. The highest BCUT2D eigenvalue weighted by atomic mass is 16.7. The van der Waals surface area contributed by atoms with Gasteiger partial charge in [-0.3, -0.25) is 5.10 Å². The summed E-state index contributed by atoms with van der Waals surface area (Å²) in [5.41, 5.74) is 3.42.